The quantitative estimate of drug-likeness (QED) is 0.657. The summed E-state index contributed by atoms with van der Waals surface area (Å²) in [6.45, 7) is 0. The van der Waals surface area contributed by atoms with E-state index in [-0.39, 0.29) is 5.78 Å². The Kier molecular flexibility index (Phi) is 3.90. The minimum Gasteiger partial charge on any atom is -0.366 e. The summed E-state index contributed by atoms with van der Waals surface area (Å²) in [6, 6.07) is 10.6. The molecule has 0 aliphatic rings. The fourth-order valence-corrected chi connectivity index (χ4v) is 2.64. The molecule has 0 atom stereocenters. The molecule has 0 unspecified atom stereocenters. The Morgan fingerprint density at radius 1 is 1.00 bits per heavy atom. The van der Waals surface area contributed by atoms with Crippen LogP contribution in [-0.2, 0) is 0 Å². The maximum Gasteiger partial charge on any atom is 0.195 e. The van der Waals surface area contributed by atoms with Crippen molar-refractivity contribution in [2.24, 2.45) is 0 Å². The lowest BCUT2D eigenvalue weighted by molar-refractivity contribution is 0.103. The number of hydrogen-bond donors (Lipinski definition) is 1. The third-order valence-electron chi connectivity index (χ3n) is 3.31. The molecular formula is C17H10BrF2NO. The maximum atomic E-state index is 13.4. The molecule has 0 aliphatic carbocycles. The number of aromatic nitrogens is 1. The van der Waals surface area contributed by atoms with Crippen molar-refractivity contribution >= 4 is 21.7 Å². The molecule has 0 amide bonds. The number of carbonyl (C=O) groups excluding carboxylic acids is 1. The van der Waals surface area contributed by atoms with E-state index < -0.39 is 11.6 Å². The van der Waals surface area contributed by atoms with Crippen LogP contribution >= 0.6 is 15.9 Å². The zero-order valence-electron chi connectivity index (χ0n) is 11.2. The molecule has 0 saturated heterocycles. The van der Waals surface area contributed by atoms with Crippen LogP contribution in [0.15, 0.2) is 59.3 Å². The predicted molar refractivity (Wildman–Crippen MR) is 83.7 cm³/mol. The van der Waals surface area contributed by atoms with Crippen LogP contribution in [0.5, 0.6) is 0 Å². The molecule has 3 aromatic rings. The molecule has 2 nitrogen and oxygen atoms in total. The Morgan fingerprint density at radius 3 is 2.55 bits per heavy atom. The summed E-state index contributed by atoms with van der Waals surface area (Å²) >= 11 is 3.32. The van der Waals surface area contributed by atoms with Crippen LogP contribution in [0, 0.1) is 11.6 Å². The number of rotatable bonds is 3. The Morgan fingerprint density at radius 2 is 1.82 bits per heavy atom. The fraction of sp³-hybridized carbons (Fsp3) is 0. The molecule has 0 bridgehead atoms. The molecule has 1 heterocycles. The molecule has 22 heavy (non-hydrogen) atoms. The van der Waals surface area contributed by atoms with E-state index in [4.69, 9.17) is 0 Å². The second-order valence-electron chi connectivity index (χ2n) is 4.75. The highest BCUT2D eigenvalue weighted by Gasteiger charge is 2.17. The molecule has 5 heteroatoms. The first-order chi connectivity index (χ1) is 10.6. The van der Waals surface area contributed by atoms with Gasteiger partial charge >= 0.3 is 0 Å². The molecular weight excluding hydrogens is 352 g/mol. The lowest BCUT2D eigenvalue weighted by Crippen LogP contribution is -2.01. The number of nitrogens with one attached hydrogen (secondary N) is 1. The van der Waals surface area contributed by atoms with Crippen molar-refractivity contribution in [3.8, 4) is 11.1 Å². The van der Waals surface area contributed by atoms with E-state index in [1.165, 1.54) is 6.07 Å². The highest BCUT2D eigenvalue weighted by Crippen LogP contribution is 2.27. The summed E-state index contributed by atoms with van der Waals surface area (Å²) in [5, 5.41) is 0. The van der Waals surface area contributed by atoms with Gasteiger partial charge in [0.1, 0.15) is 0 Å². The van der Waals surface area contributed by atoms with Gasteiger partial charge in [-0.25, -0.2) is 8.78 Å². The SMILES string of the molecule is O=C(c1cccc(Br)c1)c1c[nH]cc1-c1ccc(F)c(F)c1. The summed E-state index contributed by atoms with van der Waals surface area (Å²) in [6.07, 6.45) is 3.15. The number of halogens is 3. The van der Waals surface area contributed by atoms with Gasteiger partial charge in [-0.3, -0.25) is 4.79 Å². The van der Waals surface area contributed by atoms with Crippen LogP contribution in [0.25, 0.3) is 11.1 Å². The molecule has 3 rings (SSSR count). The Labute approximate surface area is 133 Å². The summed E-state index contributed by atoms with van der Waals surface area (Å²) in [5.41, 5.74) is 1.89. The summed E-state index contributed by atoms with van der Waals surface area (Å²) in [7, 11) is 0. The lowest BCUT2D eigenvalue weighted by atomic mass is 9.98. The van der Waals surface area contributed by atoms with E-state index in [9.17, 15) is 13.6 Å². The highest BCUT2D eigenvalue weighted by molar-refractivity contribution is 9.10. The number of benzene rings is 2. The van der Waals surface area contributed by atoms with Crippen molar-refractivity contribution in [3.05, 3.63) is 82.1 Å². The van der Waals surface area contributed by atoms with Gasteiger partial charge in [0.25, 0.3) is 0 Å². The highest BCUT2D eigenvalue weighted by atomic mass is 79.9. The zero-order chi connectivity index (χ0) is 15.7. The number of ketones is 1. The Hall–Kier alpha value is -2.27. The van der Waals surface area contributed by atoms with E-state index in [0.29, 0.717) is 22.3 Å². The van der Waals surface area contributed by atoms with E-state index in [0.717, 1.165) is 16.6 Å². The van der Waals surface area contributed by atoms with Crippen molar-refractivity contribution in [1.29, 1.82) is 0 Å². The first-order valence-electron chi connectivity index (χ1n) is 6.49. The normalized spacial score (nSPS) is 10.7. The van der Waals surface area contributed by atoms with Crippen LogP contribution < -0.4 is 0 Å². The number of carbonyl (C=O) groups is 1. The summed E-state index contributed by atoms with van der Waals surface area (Å²) < 4.78 is 27.3. The van der Waals surface area contributed by atoms with Gasteiger partial charge in [0.15, 0.2) is 17.4 Å². The van der Waals surface area contributed by atoms with Gasteiger partial charge < -0.3 is 4.98 Å². The third kappa shape index (κ3) is 2.72. The van der Waals surface area contributed by atoms with E-state index >= 15 is 0 Å². The Balaban J connectivity index is 2.05. The van der Waals surface area contributed by atoms with Crippen LogP contribution in [-0.4, -0.2) is 10.8 Å². The topological polar surface area (TPSA) is 32.9 Å². The van der Waals surface area contributed by atoms with Gasteiger partial charge in [0, 0.05) is 33.6 Å². The van der Waals surface area contributed by atoms with Crippen molar-refractivity contribution < 1.29 is 13.6 Å². The number of aromatic amines is 1. The van der Waals surface area contributed by atoms with Crippen LogP contribution in [0.4, 0.5) is 8.78 Å². The average Bonchev–Trinajstić information content (AvgIpc) is 2.98. The molecule has 0 radical (unpaired) electrons. The molecule has 0 saturated carbocycles. The zero-order valence-corrected chi connectivity index (χ0v) is 12.8. The molecule has 0 aliphatic heterocycles. The van der Waals surface area contributed by atoms with Crippen LogP contribution in [0.1, 0.15) is 15.9 Å². The number of H-pyrrole nitrogens is 1. The minimum atomic E-state index is -0.945. The molecule has 2 aromatic carbocycles. The summed E-state index contributed by atoms with van der Waals surface area (Å²) in [5.74, 6) is -2.05. The fourth-order valence-electron chi connectivity index (χ4n) is 2.24. The van der Waals surface area contributed by atoms with Crippen molar-refractivity contribution in [3.63, 3.8) is 0 Å². The second-order valence-corrected chi connectivity index (χ2v) is 5.67. The smallest absolute Gasteiger partial charge is 0.195 e. The average molecular weight is 362 g/mol. The van der Waals surface area contributed by atoms with Crippen molar-refractivity contribution in [2.45, 2.75) is 0 Å². The van der Waals surface area contributed by atoms with Gasteiger partial charge in [-0.05, 0) is 29.8 Å². The van der Waals surface area contributed by atoms with Gasteiger partial charge in [0.05, 0.1) is 0 Å². The van der Waals surface area contributed by atoms with Crippen LogP contribution in [0.3, 0.4) is 0 Å². The molecule has 1 N–H and O–H groups in total. The molecule has 1 aromatic heterocycles. The maximum absolute atomic E-state index is 13.4. The van der Waals surface area contributed by atoms with Gasteiger partial charge in [-0.1, -0.05) is 34.1 Å². The van der Waals surface area contributed by atoms with E-state index in [1.807, 2.05) is 6.07 Å². The van der Waals surface area contributed by atoms with Gasteiger partial charge in [0.2, 0.25) is 0 Å². The second kappa shape index (κ2) is 5.85. The van der Waals surface area contributed by atoms with E-state index in [2.05, 4.69) is 20.9 Å². The Bertz CT molecular complexity index is 857. The lowest BCUT2D eigenvalue weighted by Gasteiger charge is -2.05. The van der Waals surface area contributed by atoms with Gasteiger partial charge in [-0.2, -0.15) is 0 Å². The van der Waals surface area contributed by atoms with Crippen molar-refractivity contribution in [2.75, 3.05) is 0 Å². The first-order valence-corrected chi connectivity index (χ1v) is 7.28. The molecule has 110 valence electrons. The predicted octanol–water partition coefficient (Wildman–Crippen LogP) is 4.95. The van der Waals surface area contributed by atoms with Crippen molar-refractivity contribution in [1.82, 2.24) is 4.98 Å². The van der Waals surface area contributed by atoms with Crippen LogP contribution in [0.2, 0.25) is 0 Å². The first kappa shape index (κ1) is 14.7. The standard InChI is InChI=1S/C17H10BrF2NO/c18-12-3-1-2-11(6-12)17(22)14-9-21-8-13(14)10-4-5-15(19)16(20)7-10/h1-9,21H. The molecule has 0 spiro atoms. The monoisotopic (exact) mass is 361 g/mol. The number of hydrogen-bond acceptors (Lipinski definition) is 1. The van der Waals surface area contributed by atoms with Gasteiger partial charge in [-0.15, -0.1) is 0 Å². The molecule has 0 fully saturated rings. The third-order valence-corrected chi connectivity index (χ3v) is 3.80. The minimum absolute atomic E-state index is 0.192. The largest absolute Gasteiger partial charge is 0.366 e. The van der Waals surface area contributed by atoms with E-state index in [1.54, 1.807) is 30.6 Å². The summed E-state index contributed by atoms with van der Waals surface area (Å²) in [4.78, 5) is 15.4.